The highest BCUT2D eigenvalue weighted by molar-refractivity contribution is 5.80. The van der Waals surface area contributed by atoms with Crippen molar-refractivity contribution in [2.24, 2.45) is 0 Å². The summed E-state index contributed by atoms with van der Waals surface area (Å²) in [6, 6.07) is 6.71. The van der Waals surface area contributed by atoms with Gasteiger partial charge >= 0.3 is 0 Å². The monoisotopic (exact) mass is 273 g/mol. The third-order valence-corrected chi connectivity index (χ3v) is 2.96. The molecule has 1 aromatic carbocycles. The number of aldehydes is 1. The van der Waals surface area contributed by atoms with E-state index in [-0.39, 0.29) is 11.3 Å². The van der Waals surface area contributed by atoms with E-state index in [1.807, 2.05) is 6.07 Å². The summed E-state index contributed by atoms with van der Waals surface area (Å²) < 4.78 is 10.2. The number of pyridine rings is 1. The van der Waals surface area contributed by atoms with Crippen LogP contribution in [0.5, 0.6) is 17.4 Å². The summed E-state index contributed by atoms with van der Waals surface area (Å²) >= 11 is 0. The zero-order valence-corrected chi connectivity index (χ0v) is 11.3. The molecule has 0 aliphatic heterocycles. The molecule has 0 amide bonds. The number of ether oxygens (including phenoxy) is 2. The van der Waals surface area contributed by atoms with Gasteiger partial charge in [0.15, 0.2) is 6.29 Å². The third kappa shape index (κ3) is 2.88. The second-order valence-corrected chi connectivity index (χ2v) is 4.23. The van der Waals surface area contributed by atoms with Crippen molar-refractivity contribution >= 4 is 6.29 Å². The summed E-state index contributed by atoms with van der Waals surface area (Å²) in [6.07, 6.45) is 2.83. The number of carbonyl (C=O) groups excluding carboxylic acids is 1. The lowest BCUT2D eigenvalue weighted by molar-refractivity contribution is 0.112. The maximum absolute atomic E-state index is 10.8. The van der Waals surface area contributed by atoms with E-state index in [4.69, 9.17) is 9.47 Å². The molecule has 2 aromatic rings. The van der Waals surface area contributed by atoms with Crippen LogP contribution in [0.3, 0.4) is 0 Å². The number of hydrogen-bond donors (Lipinski definition) is 1. The van der Waals surface area contributed by atoms with Gasteiger partial charge in [0.1, 0.15) is 11.5 Å². The van der Waals surface area contributed by atoms with Gasteiger partial charge in [0.25, 0.3) is 0 Å². The highest BCUT2D eigenvalue weighted by Crippen LogP contribution is 2.29. The minimum atomic E-state index is -0.0581. The predicted molar refractivity (Wildman–Crippen MR) is 73.6 cm³/mol. The Morgan fingerprint density at radius 2 is 2.05 bits per heavy atom. The zero-order valence-electron chi connectivity index (χ0n) is 11.3. The molecule has 0 fully saturated rings. The Balaban J connectivity index is 2.31. The molecule has 0 unspecified atom stereocenters. The normalized spacial score (nSPS) is 10.1. The average molecular weight is 273 g/mol. The number of benzene rings is 1. The summed E-state index contributed by atoms with van der Waals surface area (Å²) in [6.45, 7) is 0. The van der Waals surface area contributed by atoms with Crippen molar-refractivity contribution in [1.29, 1.82) is 0 Å². The molecule has 1 aromatic heterocycles. The van der Waals surface area contributed by atoms with Crippen LogP contribution in [0.15, 0.2) is 30.5 Å². The predicted octanol–water partition coefficient (Wildman–Crippen LogP) is 2.21. The first kappa shape index (κ1) is 13.9. The third-order valence-electron chi connectivity index (χ3n) is 2.96. The zero-order chi connectivity index (χ0) is 14.5. The van der Waals surface area contributed by atoms with Crippen LogP contribution in [0.4, 0.5) is 0 Å². The number of aromatic nitrogens is 1. The maximum Gasteiger partial charge on any atom is 0.212 e. The van der Waals surface area contributed by atoms with Gasteiger partial charge in [-0.2, -0.15) is 0 Å². The van der Waals surface area contributed by atoms with Gasteiger partial charge in [-0.25, -0.2) is 4.98 Å². The van der Waals surface area contributed by atoms with Crippen LogP contribution in [0.2, 0.25) is 0 Å². The van der Waals surface area contributed by atoms with Gasteiger partial charge in [-0.15, -0.1) is 0 Å². The van der Waals surface area contributed by atoms with Gasteiger partial charge in [0, 0.05) is 24.2 Å². The first-order chi connectivity index (χ1) is 9.67. The lowest BCUT2D eigenvalue weighted by Gasteiger charge is -2.10. The molecule has 0 spiro atoms. The second-order valence-electron chi connectivity index (χ2n) is 4.23. The lowest BCUT2D eigenvalue weighted by atomic mass is 10.0. The SMILES string of the molecule is COc1ccc(Cc2cc(O)c(C=O)cc2OC)cn1. The van der Waals surface area contributed by atoms with Crippen LogP contribution in [-0.4, -0.2) is 30.6 Å². The van der Waals surface area contributed by atoms with Crippen LogP contribution in [0.25, 0.3) is 0 Å². The summed E-state index contributed by atoms with van der Waals surface area (Å²) in [5, 5.41) is 9.75. The van der Waals surface area contributed by atoms with Crippen LogP contribution < -0.4 is 9.47 Å². The number of phenolic OH excluding ortho intramolecular Hbond substituents is 1. The molecule has 0 radical (unpaired) electrons. The Labute approximate surface area is 116 Å². The molecule has 20 heavy (non-hydrogen) atoms. The molecule has 0 atom stereocenters. The van der Waals surface area contributed by atoms with Crippen LogP contribution >= 0.6 is 0 Å². The van der Waals surface area contributed by atoms with Crippen molar-refractivity contribution in [2.75, 3.05) is 14.2 Å². The molecule has 0 bridgehead atoms. The Kier molecular flexibility index (Phi) is 4.20. The van der Waals surface area contributed by atoms with E-state index in [9.17, 15) is 9.90 Å². The van der Waals surface area contributed by atoms with Crippen molar-refractivity contribution in [2.45, 2.75) is 6.42 Å². The van der Waals surface area contributed by atoms with Gasteiger partial charge < -0.3 is 14.6 Å². The topological polar surface area (TPSA) is 68.7 Å². The van der Waals surface area contributed by atoms with Crippen molar-refractivity contribution in [3.8, 4) is 17.4 Å². The van der Waals surface area contributed by atoms with E-state index in [1.54, 1.807) is 19.4 Å². The van der Waals surface area contributed by atoms with E-state index in [2.05, 4.69) is 4.98 Å². The average Bonchev–Trinajstić information content (AvgIpc) is 2.48. The smallest absolute Gasteiger partial charge is 0.212 e. The Bertz CT molecular complexity index is 608. The van der Waals surface area contributed by atoms with Gasteiger partial charge in [0.2, 0.25) is 5.88 Å². The highest BCUT2D eigenvalue weighted by atomic mass is 16.5. The van der Waals surface area contributed by atoms with Gasteiger partial charge in [-0.05, 0) is 17.7 Å². The summed E-state index contributed by atoms with van der Waals surface area (Å²) in [7, 11) is 3.08. The van der Waals surface area contributed by atoms with Crippen molar-refractivity contribution in [1.82, 2.24) is 4.98 Å². The number of nitrogens with zero attached hydrogens (tertiary/aromatic N) is 1. The maximum atomic E-state index is 10.8. The van der Waals surface area contributed by atoms with Crippen molar-refractivity contribution in [3.63, 3.8) is 0 Å². The number of aromatic hydroxyl groups is 1. The first-order valence-electron chi connectivity index (χ1n) is 6.02. The van der Waals surface area contributed by atoms with E-state index >= 15 is 0 Å². The molecule has 0 saturated heterocycles. The molecular formula is C15H15NO4. The van der Waals surface area contributed by atoms with Crippen molar-refractivity contribution < 1.29 is 19.4 Å². The Hall–Kier alpha value is -2.56. The number of hydrogen-bond acceptors (Lipinski definition) is 5. The van der Waals surface area contributed by atoms with Crippen LogP contribution in [0.1, 0.15) is 21.5 Å². The molecule has 104 valence electrons. The fourth-order valence-corrected chi connectivity index (χ4v) is 1.91. The molecule has 1 N–H and O–H groups in total. The number of rotatable bonds is 5. The molecule has 0 saturated carbocycles. The fraction of sp³-hybridized carbons (Fsp3) is 0.200. The quantitative estimate of drug-likeness (QED) is 0.846. The highest BCUT2D eigenvalue weighted by Gasteiger charge is 2.10. The summed E-state index contributed by atoms with van der Waals surface area (Å²) in [4.78, 5) is 14.9. The van der Waals surface area contributed by atoms with E-state index in [1.165, 1.54) is 19.2 Å². The van der Waals surface area contributed by atoms with E-state index < -0.39 is 0 Å². The van der Waals surface area contributed by atoms with Gasteiger partial charge in [-0.1, -0.05) is 6.07 Å². The van der Waals surface area contributed by atoms with Gasteiger partial charge in [-0.3, -0.25) is 4.79 Å². The molecule has 5 nitrogen and oxygen atoms in total. The van der Waals surface area contributed by atoms with Crippen molar-refractivity contribution in [3.05, 3.63) is 47.2 Å². The molecule has 0 aliphatic carbocycles. The Morgan fingerprint density at radius 1 is 1.25 bits per heavy atom. The standard InChI is InChI=1S/C15H15NO4/c1-19-14-7-12(9-17)13(18)6-11(14)5-10-3-4-15(20-2)16-8-10/h3-4,6-9,18H,5H2,1-2H3. The number of methoxy groups -OCH3 is 2. The lowest BCUT2D eigenvalue weighted by Crippen LogP contribution is -1.97. The summed E-state index contributed by atoms with van der Waals surface area (Å²) in [5.74, 6) is 1.04. The minimum absolute atomic E-state index is 0.0581. The minimum Gasteiger partial charge on any atom is -0.507 e. The fourth-order valence-electron chi connectivity index (χ4n) is 1.91. The molecule has 1 heterocycles. The molecule has 2 rings (SSSR count). The number of carbonyl (C=O) groups is 1. The molecule has 5 heteroatoms. The largest absolute Gasteiger partial charge is 0.507 e. The first-order valence-corrected chi connectivity index (χ1v) is 6.02. The van der Waals surface area contributed by atoms with Gasteiger partial charge in [0.05, 0.1) is 19.8 Å². The number of phenols is 1. The molecule has 0 aliphatic rings. The van der Waals surface area contributed by atoms with E-state index in [0.29, 0.717) is 24.3 Å². The van der Waals surface area contributed by atoms with E-state index in [0.717, 1.165) is 11.1 Å². The molecular weight excluding hydrogens is 258 g/mol. The Morgan fingerprint density at radius 3 is 2.60 bits per heavy atom. The van der Waals surface area contributed by atoms with Crippen LogP contribution in [-0.2, 0) is 6.42 Å². The second kappa shape index (κ2) is 6.06. The summed E-state index contributed by atoms with van der Waals surface area (Å²) in [5.41, 5.74) is 1.93. The van der Waals surface area contributed by atoms with Crippen LogP contribution in [0, 0.1) is 0 Å².